The van der Waals surface area contributed by atoms with Crippen LogP contribution in [0.1, 0.15) is 24.2 Å². The molecule has 3 N–H and O–H groups in total. The molecule has 1 fully saturated rings. The van der Waals surface area contributed by atoms with Crippen molar-refractivity contribution in [1.82, 2.24) is 9.97 Å². The zero-order chi connectivity index (χ0) is 12.3. The molecule has 0 atom stereocenters. The van der Waals surface area contributed by atoms with Crippen molar-refractivity contribution in [2.75, 3.05) is 29.1 Å². The smallest absolute Gasteiger partial charge is 0.134 e. The van der Waals surface area contributed by atoms with Gasteiger partial charge in [0.05, 0.1) is 0 Å². The number of rotatable bonds is 3. The van der Waals surface area contributed by atoms with Crippen LogP contribution in [0.15, 0.2) is 0 Å². The maximum absolute atomic E-state index is 5.84. The van der Waals surface area contributed by atoms with Crippen LogP contribution in [0.25, 0.3) is 0 Å². The summed E-state index contributed by atoms with van der Waals surface area (Å²) in [7, 11) is 0. The summed E-state index contributed by atoms with van der Waals surface area (Å²) < 4.78 is 0. The van der Waals surface area contributed by atoms with Crippen LogP contribution in [0, 0.1) is 19.8 Å². The molecule has 0 aromatic carbocycles. The molecule has 1 aromatic heterocycles. The second-order valence-electron chi connectivity index (χ2n) is 4.57. The van der Waals surface area contributed by atoms with Crippen molar-refractivity contribution in [3.8, 4) is 0 Å². The van der Waals surface area contributed by atoms with Crippen molar-refractivity contribution in [2.24, 2.45) is 5.92 Å². The number of nitrogens with zero attached hydrogens (tertiary/aromatic N) is 2. The van der Waals surface area contributed by atoms with Crippen LogP contribution in [-0.2, 0) is 0 Å². The van der Waals surface area contributed by atoms with E-state index in [2.05, 4.69) is 27.0 Å². The van der Waals surface area contributed by atoms with Crippen LogP contribution < -0.4 is 11.1 Å². The highest BCUT2D eigenvalue weighted by atomic mass is 32.2. The fourth-order valence-corrected chi connectivity index (χ4v) is 3.22. The molecule has 0 amide bonds. The molecule has 0 aliphatic carbocycles. The second kappa shape index (κ2) is 5.58. The molecule has 4 nitrogen and oxygen atoms in total. The lowest BCUT2D eigenvalue weighted by atomic mass is 10.0. The molecule has 17 heavy (non-hydrogen) atoms. The van der Waals surface area contributed by atoms with Gasteiger partial charge in [-0.3, -0.25) is 0 Å². The van der Waals surface area contributed by atoms with Crippen LogP contribution in [0.2, 0.25) is 0 Å². The molecule has 5 heteroatoms. The maximum atomic E-state index is 5.84. The van der Waals surface area contributed by atoms with Gasteiger partial charge in [-0.05, 0) is 44.1 Å². The van der Waals surface area contributed by atoms with Crippen molar-refractivity contribution in [3.63, 3.8) is 0 Å². The number of aromatic nitrogens is 2. The summed E-state index contributed by atoms with van der Waals surface area (Å²) in [4.78, 5) is 8.56. The number of anilines is 2. The third kappa shape index (κ3) is 3.25. The predicted octanol–water partition coefficient (Wildman–Crippen LogP) is 2.23. The van der Waals surface area contributed by atoms with Crippen molar-refractivity contribution in [2.45, 2.75) is 26.7 Å². The largest absolute Gasteiger partial charge is 0.383 e. The Kier molecular flexibility index (Phi) is 4.10. The zero-order valence-electron chi connectivity index (χ0n) is 10.5. The molecule has 0 bridgehead atoms. The first-order valence-electron chi connectivity index (χ1n) is 6.09. The first-order valence-corrected chi connectivity index (χ1v) is 7.24. The average molecular weight is 252 g/mol. The normalized spacial score (nSPS) is 17.1. The maximum Gasteiger partial charge on any atom is 0.134 e. The predicted molar refractivity (Wildman–Crippen MR) is 74.5 cm³/mol. The third-order valence-corrected chi connectivity index (χ3v) is 4.24. The molecule has 0 saturated carbocycles. The fourth-order valence-electron chi connectivity index (χ4n) is 2.01. The minimum atomic E-state index is 0.583. The standard InChI is InChI=1S/C12H20N4S/c1-8-11(13)15-9(2)16-12(8)14-7-10-3-5-17-6-4-10/h10H,3-7H2,1-2H3,(H3,13,14,15,16). The molecular weight excluding hydrogens is 232 g/mol. The fraction of sp³-hybridized carbons (Fsp3) is 0.667. The Balaban J connectivity index is 1.98. The van der Waals surface area contributed by atoms with Crippen molar-refractivity contribution >= 4 is 23.4 Å². The quantitative estimate of drug-likeness (QED) is 0.863. The summed E-state index contributed by atoms with van der Waals surface area (Å²) in [6.45, 7) is 4.84. The SMILES string of the molecule is Cc1nc(N)c(C)c(NCC2CCSCC2)n1. The second-order valence-corrected chi connectivity index (χ2v) is 5.79. The first-order chi connectivity index (χ1) is 8.16. The van der Waals surface area contributed by atoms with Gasteiger partial charge >= 0.3 is 0 Å². The van der Waals surface area contributed by atoms with Gasteiger partial charge < -0.3 is 11.1 Å². The lowest BCUT2D eigenvalue weighted by Crippen LogP contribution is -2.20. The molecule has 1 aliphatic rings. The number of thioether (sulfide) groups is 1. The van der Waals surface area contributed by atoms with Gasteiger partial charge in [0.2, 0.25) is 0 Å². The highest BCUT2D eigenvalue weighted by Gasteiger charge is 2.14. The summed E-state index contributed by atoms with van der Waals surface area (Å²) in [6.07, 6.45) is 2.60. The lowest BCUT2D eigenvalue weighted by Gasteiger charge is -2.22. The van der Waals surface area contributed by atoms with Crippen molar-refractivity contribution < 1.29 is 0 Å². The Morgan fingerprint density at radius 1 is 1.29 bits per heavy atom. The number of aryl methyl sites for hydroxylation is 1. The van der Waals surface area contributed by atoms with E-state index >= 15 is 0 Å². The van der Waals surface area contributed by atoms with Gasteiger partial charge in [-0.15, -0.1) is 0 Å². The molecule has 0 unspecified atom stereocenters. The van der Waals surface area contributed by atoms with E-state index in [1.165, 1.54) is 24.3 Å². The summed E-state index contributed by atoms with van der Waals surface area (Å²) in [5.74, 6) is 5.56. The van der Waals surface area contributed by atoms with E-state index in [9.17, 15) is 0 Å². The highest BCUT2D eigenvalue weighted by Crippen LogP contribution is 2.24. The van der Waals surface area contributed by atoms with E-state index in [1.54, 1.807) is 0 Å². The van der Waals surface area contributed by atoms with Crippen molar-refractivity contribution in [3.05, 3.63) is 11.4 Å². The molecular formula is C12H20N4S. The van der Waals surface area contributed by atoms with Gasteiger partial charge in [0, 0.05) is 12.1 Å². The van der Waals surface area contributed by atoms with Crippen LogP contribution in [0.3, 0.4) is 0 Å². The van der Waals surface area contributed by atoms with E-state index < -0.39 is 0 Å². The number of nitrogen functional groups attached to an aromatic ring is 1. The van der Waals surface area contributed by atoms with Gasteiger partial charge in [-0.2, -0.15) is 11.8 Å². The summed E-state index contributed by atoms with van der Waals surface area (Å²) in [5.41, 5.74) is 6.79. The van der Waals surface area contributed by atoms with E-state index in [-0.39, 0.29) is 0 Å². The molecule has 1 aromatic rings. The van der Waals surface area contributed by atoms with E-state index in [1.807, 2.05) is 13.8 Å². The minimum absolute atomic E-state index is 0.583. The first kappa shape index (κ1) is 12.5. The van der Waals surface area contributed by atoms with E-state index in [4.69, 9.17) is 5.73 Å². The zero-order valence-corrected chi connectivity index (χ0v) is 11.3. The van der Waals surface area contributed by atoms with Gasteiger partial charge in [0.25, 0.3) is 0 Å². The third-order valence-electron chi connectivity index (χ3n) is 3.19. The van der Waals surface area contributed by atoms with E-state index in [0.29, 0.717) is 5.82 Å². The summed E-state index contributed by atoms with van der Waals surface area (Å²) in [5, 5.41) is 3.42. The number of nitrogens with two attached hydrogens (primary N) is 1. The van der Waals surface area contributed by atoms with Crippen LogP contribution in [0.5, 0.6) is 0 Å². The number of nitrogens with one attached hydrogen (secondary N) is 1. The Hall–Kier alpha value is -0.970. The Morgan fingerprint density at radius 2 is 2.00 bits per heavy atom. The average Bonchev–Trinajstić information content (AvgIpc) is 2.33. The minimum Gasteiger partial charge on any atom is -0.383 e. The van der Waals surface area contributed by atoms with Gasteiger partial charge in [0.1, 0.15) is 17.5 Å². The highest BCUT2D eigenvalue weighted by molar-refractivity contribution is 7.99. The van der Waals surface area contributed by atoms with Crippen LogP contribution >= 0.6 is 11.8 Å². The summed E-state index contributed by atoms with van der Waals surface area (Å²) >= 11 is 2.05. The molecule has 1 aliphatic heterocycles. The van der Waals surface area contributed by atoms with E-state index in [0.717, 1.165) is 29.7 Å². The molecule has 2 heterocycles. The Bertz CT molecular complexity index is 388. The van der Waals surface area contributed by atoms with Crippen molar-refractivity contribution in [1.29, 1.82) is 0 Å². The topological polar surface area (TPSA) is 63.8 Å². The molecule has 0 radical (unpaired) electrons. The van der Waals surface area contributed by atoms with Crippen LogP contribution in [0.4, 0.5) is 11.6 Å². The molecule has 0 spiro atoms. The number of hydrogen-bond donors (Lipinski definition) is 2. The van der Waals surface area contributed by atoms with Crippen LogP contribution in [-0.4, -0.2) is 28.0 Å². The monoisotopic (exact) mass is 252 g/mol. The van der Waals surface area contributed by atoms with Gasteiger partial charge in [-0.25, -0.2) is 9.97 Å². The Labute approximate surface area is 107 Å². The number of hydrogen-bond acceptors (Lipinski definition) is 5. The van der Waals surface area contributed by atoms with Gasteiger partial charge in [0.15, 0.2) is 0 Å². The summed E-state index contributed by atoms with van der Waals surface area (Å²) in [6, 6.07) is 0. The molecule has 1 saturated heterocycles. The van der Waals surface area contributed by atoms with Gasteiger partial charge in [-0.1, -0.05) is 0 Å². The molecule has 94 valence electrons. The Morgan fingerprint density at radius 3 is 2.71 bits per heavy atom. The molecule has 2 rings (SSSR count). The lowest BCUT2D eigenvalue weighted by molar-refractivity contribution is 0.515.